The number of nitrogens with two attached hydrogens (primary N) is 1. The summed E-state index contributed by atoms with van der Waals surface area (Å²) in [5.74, 6) is -0.0850. The Morgan fingerprint density at radius 1 is 1.33 bits per heavy atom. The highest BCUT2D eigenvalue weighted by atomic mass is 16.2. The number of benzene rings is 2. The van der Waals surface area contributed by atoms with Crippen LogP contribution in [0.4, 0.5) is 5.69 Å². The van der Waals surface area contributed by atoms with E-state index < -0.39 is 0 Å². The lowest BCUT2D eigenvalue weighted by Gasteiger charge is -2.16. The molecule has 1 amide bonds. The van der Waals surface area contributed by atoms with Gasteiger partial charge in [0.25, 0.3) is 5.91 Å². The molecule has 0 spiro atoms. The molecule has 3 nitrogen and oxygen atoms in total. The minimum atomic E-state index is -0.0850. The molecule has 2 aromatic carbocycles. The predicted molar refractivity (Wildman–Crippen MR) is 75.5 cm³/mol. The quantitative estimate of drug-likeness (QED) is 0.662. The summed E-state index contributed by atoms with van der Waals surface area (Å²) >= 11 is 0. The normalized spacial score (nSPS) is 10.3. The first-order chi connectivity index (χ1) is 8.63. The summed E-state index contributed by atoms with van der Waals surface area (Å²) in [5, 5.41) is 2.06. The van der Waals surface area contributed by atoms with Gasteiger partial charge in [0.2, 0.25) is 0 Å². The van der Waals surface area contributed by atoms with E-state index in [0.717, 1.165) is 10.8 Å². The predicted octanol–water partition coefficient (Wildman–Crippen LogP) is 2.68. The minimum Gasteiger partial charge on any atom is -0.398 e. The third-order valence-corrected chi connectivity index (χ3v) is 2.90. The maximum Gasteiger partial charge on any atom is 0.255 e. The van der Waals surface area contributed by atoms with Crippen LogP contribution < -0.4 is 5.73 Å². The van der Waals surface area contributed by atoms with Gasteiger partial charge in [-0.3, -0.25) is 4.79 Å². The third-order valence-electron chi connectivity index (χ3n) is 2.90. The summed E-state index contributed by atoms with van der Waals surface area (Å²) in [4.78, 5) is 13.8. The van der Waals surface area contributed by atoms with Gasteiger partial charge in [-0.15, -0.1) is 6.58 Å². The number of amides is 1. The number of hydrogen-bond donors (Lipinski definition) is 1. The highest BCUT2D eigenvalue weighted by Crippen LogP contribution is 2.22. The Morgan fingerprint density at radius 2 is 1.94 bits per heavy atom. The van der Waals surface area contributed by atoms with Crippen LogP contribution in [0.5, 0.6) is 0 Å². The standard InChI is InChI=1S/C15H16N2O/c1-3-8-17(2)15(18)13-9-11-6-4-5-7-12(11)10-14(13)16/h3-7,9-10H,1,8,16H2,2H3. The molecular weight excluding hydrogens is 224 g/mol. The van der Waals surface area contributed by atoms with Crippen molar-refractivity contribution in [3.63, 3.8) is 0 Å². The number of carbonyl (C=O) groups excluding carboxylic acids is 1. The van der Waals surface area contributed by atoms with E-state index in [9.17, 15) is 4.79 Å². The van der Waals surface area contributed by atoms with E-state index in [1.165, 1.54) is 0 Å². The van der Waals surface area contributed by atoms with E-state index in [2.05, 4.69) is 6.58 Å². The van der Waals surface area contributed by atoms with Gasteiger partial charge < -0.3 is 10.6 Å². The van der Waals surface area contributed by atoms with Crippen molar-refractivity contribution in [3.05, 3.63) is 54.6 Å². The molecule has 0 saturated carbocycles. The van der Waals surface area contributed by atoms with Crippen molar-refractivity contribution < 1.29 is 4.79 Å². The molecule has 0 saturated heterocycles. The fourth-order valence-corrected chi connectivity index (χ4v) is 1.93. The Kier molecular flexibility index (Phi) is 3.33. The highest BCUT2D eigenvalue weighted by Gasteiger charge is 2.14. The van der Waals surface area contributed by atoms with Crippen LogP contribution in [0.2, 0.25) is 0 Å². The van der Waals surface area contributed by atoms with Crippen LogP contribution in [0.1, 0.15) is 10.4 Å². The van der Waals surface area contributed by atoms with Crippen LogP contribution in [0, 0.1) is 0 Å². The zero-order valence-corrected chi connectivity index (χ0v) is 10.4. The number of rotatable bonds is 3. The second kappa shape index (κ2) is 4.92. The molecule has 0 atom stereocenters. The van der Waals surface area contributed by atoms with E-state index >= 15 is 0 Å². The van der Waals surface area contributed by atoms with E-state index in [1.54, 1.807) is 18.0 Å². The minimum absolute atomic E-state index is 0.0850. The first-order valence-corrected chi connectivity index (χ1v) is 5.78. The van der Waals surface area contributed by atoms with Gasteiger partial charge in [-0.2, -0.15) is 0 Å². The molecular formula is C15H16N2O. The molecule has 0 aromatic heterocycles. The van der Waals surface area contributed by atoms with Crippen LogP contribution >= 0.6 is 0 Å². The zero-order valence-electron chi connectivity index (χ0n) is 10.4. The molecule has 0 aliphatic heterocycles. The largest absolute Gasteiger partial charge is 0.398 e. The van der Waals surface area contributed by atoms with Crippen molar-refractivity contribution in [2.45, 2.75) is 0 Å². The Balaban J connectivity index is 2.47. The topological polar surface area (TPSA) is 46.3 Å². The summed E-state index contributed by atoms with van der Waals surface area (Å²) in [6.07, 6.45) is 1.69. The Hall–Kier alpha value is -2.29. The second-order valence-electron chi connectivity index (χ2n) is 4.26. The number of anilines is 1. The molecule has 0 heterocycles. The molecule has 2 aromatic rings. The molecule has 3 heteroatoms. The number of carbonyl (C=O) groups is 1. The zero-order chi connectivity index (χ0) is 13.1. The first-order valence-electron chi connectivity index (χ1n) is 5.78. The van der Waals surface area contributed by atoms with Gasteiger partial charge in [0.15, 0.2) is 0 Å². The van der Waals surface area contributed by atoms with Gasteiger partial charge in [0.1, 0.15) is 0 Å². The van der Waals surface area contributed by atoms with E-state index in [0.29, 0.717) is 17.8 Å². The summed E-state index contributed by atoms with van der Waals surface area (Å²) < 4.78 is 0. The lowest BCUT2D eigenvalue weighted by atomic mass is 10.0. The summed E-state index contributed by atoms with van der Waals surface area (Å²) in [6.45, 7) is 4.13. The van der Waals surface area contributed by atoms with Crippen molar-refractivity contribution in [3.8, 4) is 0 Å². The second-order valence-corrected chi connectivity index (χ2v) is 4.26. The third kappa shape index (κ3) is 2.20. The van der Waals surface area contributed by atoms with Gasteiger partial charge in [-0.05, 0) is 22.9 Å². The SMILES string of the molecule is C=CCN(C)C(=O)c1cc2ccccc2cc1N. The van der Waals surface area contributed by atoms with Crippen molar-refractivity contribution in [1.82, 2.24) is 4.90 Å². The van der Waals surface area contributed by atoms with Crippen LogP contribution in [0.3, 0.4) is 0 Å². The number of hydrogen-bond acceptors (Lipinski definition) is 2. The molecule has 92 valence electrons. The maximum atomic E-state index is 12.2. The molecule has 0 radical (unpaired) electrons. The van der Waals surface area contributed by atoms with Crippen LogP contribution in [-0.4, -0.2) is 24.4 Å². The summed E-state index contributed by atoms with van der Waals surface area (Å²) in [7, 11) is 1.73. The number of nitrogens with zero attached hydrogens (tertiary/aromatic N) is 1. The molecule has 0 fully saturated rings. The Bertz CT molecular complexity index is 604. The van der Waals surface area contributed by atoms with Crippen molar-refractivity contribution >= 4 is 22.4 Å². The van der Waals surface area contributed by atoms with Gasteiger partial charge in [-0.25, -0.2) is 0 Å². The summed E-state index contributed by atoms with van der Waals surface area (Å²) in [5.41, 5.74) is 7.00. The van der Waals surface area contributed by atoms with Crippen molar-refractivity contribution in [2.75, 3.05) is 19.3 Å². The number of fused-ring (bicyclic) bond motifs is 1. The van der Waals surface area contributed by atoms with Gasteiger partial charge in [0, 0.05) is 19.3 Å². The number of nitrogen functional groups attached to an aromatic ring is 1. The van der Waals surface area contributed by atoms with Crippen LogP contribution in [0.15, 0.2) is 49.1 Å². The fraction of sp³-hybridized carbons (Fsp3) is 0.133. The van der Waals surface area contributed by atoms with E-state index in [1.807, 2.05) is 36.4 Å². The molecule has 2 N–H and O–H groups in total. The molecule has 0 bridgehead atoms. The lowest BCUT2D eigenvalue weighted by Crippen LogP contribution is -2.27. The average molecular weight is 240 g/mol. The fourth-order valence-electron chi connectivity index (χ4n) is 1.93. The van der Waals surface area contributed by atoms with Crippen molar-refractivity contribution in [2.24, 2.45) is 0 Å². The monoisotopic (exact) mass is 240 g/mol. The maximum absolute atomic E-state index is 12.2. The Morgan fingerprint density at radius 3 is 2.56 bits per heavy atom. The smallest absolute Gasteiger partial charge is 0.255 e. The van der Waals surface area contributed by atoms with E-state index in [-0.39, 0.29) is 5.91 Å². The van der Waals surface area contributed by atoms with Gasteiger partial charge in [-0.1, -0.05) is 30.3 Å². The van der Waals surface area contributed by atoms with Crippen LogP contribution in [-0.2, 0) is 0 Å². The molecule has 18 heavy (non-hydrogen) atoms. The number of likely N-dealkylation sites (N-methyl/N-ethyl adjacent to an activating group) is 1. The summed E-state index contributed by atoms with van der Waals surface area (Å²) in [6, 6.07) is 11.5. The first kappa shape index (κ1) is 12.2. The van der Waals surface area contributed by atoms with Crippen LogP contribution in [0.25, 0.3) is 10.8 Å². The average Bonchev–Trinajstić information content (AvgIpc) is 2.37. The molecule has 0 aliphatic carbocycles. The highest BCUT2D eigenvalue weighted by molar-refractivity contribution is 6.03. The van der Waals surface area contributed by atoms with Gasteiger partial charge >= 0.3 is 0 Å². The lowest BCUT2D eigenvalue weighted by molar-refractivity contribution is 0.0811. The molecule has 2 rings (SSSR count). The van der Waals surface area contributed by atoms with Crippen molar-refractivity contribution in [1.29, 1.82) is 0 Å². The van der Waals surface area contributed by atoms with E-state index in [4.69, 9.17) is 5.73 Å². The molecule has 0 unspecified atom stereocenters. The molecule has 0 aliphatic rings. The van der Waals surface area contributed by atoms with Gasteiger partial charge in [0.05, 0.1) is 5.56 Å². The Labute approximate surface area is 107 Å².